The van der Waals surface area contributed by atoms with Gasteiger partial charge >= 0.3 is 0 Å². The van der Waals surface area contributed by atoms with Gasteiger partial charge in [0.15, 0.2) is 5.76 Å². The largest absolute Gasteiger partial charge is 0.463 e. The number of halogens is 2. The number of nitrogens with zero attached hydrogens (tertiary/aromatic N) is 4. The first-order valence-electron chi connectivity index (χ1n) is 9.11. The molecule has 3 heterocycles. The van der Waals surface area contributed by atoms with E-state index in [2.05, 4.69) is 10.00 Å². The van der Waals surface area contributed by atoms with Crippen LogP contribution in [0.4, 0.5) is 5.69 Å². The molecule has 0 aliphatic carbocycles. The maximum atomic E-state index is 12.7. The zero-order chi connectivity index (χ0) is 20.4. The number of carbonyl (C=O) groups excluding carboxylic acids is 1. The normalized spacial score (nSPS) is 14.3. The van der Waals surface area contributed by atoms with Crippen molar-refractivity contribution in [2.75, 3.05) is 31.1 Å². The van der Waals surface area contributed by atoms with Crippen molar-refractivity contribution in [1.29, 1.82) is 0 Å². The molecule has 1 fully saturated rings. The van der Waals surface area contributed by atoms with E-state index >= 15 is 0 Å². The van der Waals surface area contributed by atoms with Crippen molar-refractivity contribution >= 4 is 34.8 Å². The van der Waals surface area contributed by atoms with E-state index in [1.54, 1.807) is 29.2 Å². The topological polar surface area (TPSA) is 71.6 Å². The second-order valence-corrected chi connectivity index (χ2v) is 7.47. The molecule has 1 saturated heterocycles. The minimum atomic E-state index is -0.330. The number of aromatic nitrogens is 2. The van der Waals surface area contributed by atoms with Crippen LogP contribution in [-0.4, -0.2) is 46.8 Å². The monoisotopic (exact) mass is 432 g/mol. The molecule has 0 atom stereocenters. The second-order valence-electron chi connectivity index (χ2n) is 6.66. The van der Waals surface area contributed by atoms with Crippen LogP contribution in [0.2, 0.25) is 10.0 Å². The summed E-state index contributed by atoms with van der Waals surface area (Å²) in [4.78, 5) is 28.7. The van der Waals surface area contributed by atoms with Crippen LogP contribution < -0.4 is 10.5 Å². The molecule has 9 heteroatoms. The fraction of sp³-hybridized carbons (Fsp3) is 0.250. The Morgan fingerprint density at radius 1 is 1.03 bits per heavy atom. The first-order valence-corrected chi connectivity index (χ1v) is 9.87. The molecule has 29 heavy (non-hydrogen) atoms. The highest BCUT2D eigenvalue weighted by Gasteiger charge is 2.22. The molecule has 1 aliphatic heterocycles. The number of anilines is 1. The van der Waals surface area contributed by atoms with Gasteiger partial charge < -0.3 is 14.2 Å². The smallest absolute Gasteiger partial charge is 0.267 e. The number of furan rings is 1. The summed E-state index contributed by atoms with van der Waals surface area (Å²) in [5.41, 5.74) is 1.14. The molecule has 7 nitrogen and oxygen atoms in total. The van der Waals surface area contributed by atoms with Gasteiger partial charge in [-0.05, 0) is 36.4 Å². The van der Waals surface area contributed by atoms with E-state index in [0.29, 0.717) is 47.7 Å². The number of rotatable bonds is 4. The number of hydrogen-bond acceptors (Lipinski definition) is 5. The molecule has 3 aromatic rings. The average Bonchev–Trinajstić information content (AvgIpc) is 3.27. The minimum absolute atomic E-state index is 0.111. The van der Waals surface area contributed by atoms with Crippen LogP contribution in [0.15, 0.2) is 57.9 Å². The van der Waals surface area contributed by atoms with Crippen LogP contribution in [0.1, 0.15) is 0 Å². The molecule has 0 unspecified atom stereocenters. The van der Waals surface area contributed by atoms with Gasteiger partial charge in [-0.15, -0.1) is 0 Å². The molecule has 0 spiro atoms. The predicted octanol–water partition coefficient (Wildman–Crippen LogP) is 3.16. The van der Waals surface area contributed by atoms with Crippen molar-refractivity contribution in [2.24, 2.45) is 0 Å². The van der Waals surface area contributed by atoms with E-state index < -0.39 is 0 Å². The summed E-state index contributed by atoms with van der Waals surface area (Å²) >= 11 is 12.1. The SMILES string of the molecule is O=C(Cn1nc(-c2ccco2)ccc1=O)N1CCN(c2ccc(Cl)c(Cl)c2)CC1. The molecule has 150 valence electrons. The van der Waals surface area contributed by atoms with Gasteiger partial charge in [-0.2, -0.15) is 5.10 Å². The molecule has 1 amide bonds. The Bertz CT molecular complexity index is 1070. The zero-order valence-corrected chi connectivity index (χ0v) is 16.9. The van der Waals surface area contributed by atoms with Crippen LogP contribution >= 0.6 is 23.2 Å². The highest BCUT2D eigenvalue weighted by molar-refractivity contribution is 6.42. The van der Waals surface area contributed by atoms with Crippen molar-refractivity contribution < 1.29 is 9.21 Å². The third kappa shape index (κ3) is 4.31. The van der Waals surface area contributed by atoms with E-state index in [4.69, 9.17) is 27.6 Å². The first-order chi connectivity index (χ1) is 14.0. The molecule has 0 N–H and O–H groups in total. The number of hydrogen-bond donors (Lipinski definition) is 0. The fourth-order valence-corrected chi connectivity index (χ4v) is 3.53. The van der Waals surface area contributed by atoms with Crippen molar-refractivity contribution in [3.05, 3.63) is 69.1 Å². The van der Waals surface area contributed by atoms with Gasteiger partial charge in [0.1, 0.15) is 12.2 Å². The van der Waals surface area contributed by atoms with E-state index in [9.17, 15) is 9.59 Å². The van der Waals surface area contributed by atoms with Gasteiger partial charge in [0.2, 0.25) is 5.91 Å². The summed E-state index contributed by atoms with van der Waals surface area (Å²) in [7, 11) is 0. The molecule has 0 saturated carbocycles. The quantitative estimate of drug-likeness (QED) is 0.632. The van der Waals surface area contributed by atoms with Crippen molar-refractivity contribution in [3.8, 4) is 11.5 Å². The number of carbonyl (C=O) groups is 1. The highest BCUT2D eigenvalue weighted by Crippen LogP contribution is 2.27. The summed E-state index contributed by atoms with van der Waals surface area (Å²) in [6, 6.07) is 12.0. The minimum Gasteiger partial charge on any atom is -0.463 e. The lowest BCUT2D eigenvalue weighted by atomic mass is 10.2. The van der Waals surface area contributed by atoms with Crippen LogP contribution in [0.5, 0.6) is 0 Å². The first kappa shape index (κ1) is 19.5. The third-order valence-electron chi connectivity index (χ3n) is 4.83. The summed E-state index contributed by atoms with van der Waals surface area (Å²) in [5.74, 6) is 0.395. The Balaban J connectivity index is 1.41. The van der Waals surface area contributed by atoms with Crippen molar-refractivity contribution in [3.63, 3.8) is 0 Å². The molecule has 2 aromatic heterocycles. The zero-order valence-electron chi connectivity index (χ0n) is 15.4. The molecule has 1 aromatic carbocycles. The van der Waals surface area contributed by atoms with E-state index in [0.717, 1.165) is 5.69 Å². The van der Waals surface area contributed by atoms with E-state index in [1.165, 1.54) is 17.0 Å². The highest BCUT2D eigenvalue weighted by atomic mass is 35.5. The van der Waals surface area contributed by atoms with Crippen LogP contribution in [0, 0.1) is 0 Å². The number of piperazine rings is 1. The van der Waals surface area contributed by atoms with Crippen molar-refractivity contribution in [1.82, 2.24) is 14.7 Å². The average molecular weight is 433 g/mol. The van der Waals surface area contributed by atoms with Gasteiger partial charge in [0, 0.05) is 37.9 Å². The summed E-state index contributed by atoms with van der Waals surface area (Å²) in [6.07, 6.45) is 1.53. The van der Waals surface area contributed by atoms with Gasteiger partial charge in [0.25, 0.3) is 5.56 Å². The van der Waals surface area contributed by atoms with Crippen LogP contribution in [-0.2, 0) is 11.3 Å². The lowest BCUT2D eigenvalue weighted by Crippen LogP contribution is -2.50. The fourth-order valence-electron chi connectivity index (χ4n) is 3.24. The Morgan fingerprint density at radius 2 is 1.83 bits per heavy atom. The third-order valence-corrected chi connectivity index (χ3v) is 5.57. The lowest BCUT2D eigenvalue weighted by molar-refractivity contribution is -0.132. The Labute approximate surface area is 177 Å². The maximum Gasteiger partial charge on any atom is 0.267 e. The lowest BCUT2D eigenvalue weighted by Gasteiger charge is -2.36. The Morgan fingerprint density at radius 3 is 2.52 bits per heavy atom. The van der Waals surface area contributed by atoms with Gasteiger partial charge in [-0.1, -0.05) is 23.2 Å². The number of benzene rings is 1. The van der Waals surface area contributed by atoms with E-state index in [-0.39, 0.29) is 18.0 Å². The van der Waals surface area contributed by atoms with Gasteiger partial charge in [0.05, 0.1) is 16.3 Å². The van der Waals surface area contributed by atoms with E-state index in [1.807, 2.05) is 12.1 Å². The van der Waals surface area contributed by atoms with Gasteiger partial charge in [-0.25, -0.2) is 4.68 Å². The number of amides is 1. The predicted molar refractivity (Wildman–Crippen MR) is 111 cm³/mol. The summed E-state index contributed by atoms with van der Waals surface area (Å²) in [5, 5.41) is 5.27. The standard InChI is InChI=1S/C20H18Cl2N4O3/c21-15-4-3-14(12-16(15)22)24-7-9-25(10-8-24)20(28)13-26-19(27)6-5-17(23-26)18-2-1-11-29-18/h1-6,11-12H,7-10,13H2. The Hall–Kier alpha value is -2.77. The molecule has 0 bridgehead atoms. The van der Waals surface area contributed by atoms with Crippen LogP contribution in [0.3, 0.4) is 0 Å². The van der Waals surface area contributed by atoms with Gasteiger partial charge in [-0.3, -0.25) is 9.59 Å². The van der Waals surface area contributed by atoms with Crippen LogP contribution in [0.25, 0.3) is 11.5 Å². The molecular formula is C20H18Cl2N4O3. The Kier molecular flexibility index (Phi) is 5.60. The molecule has 1 aliphatic rings. The molecule has 0 radical (unpaired) electrons. The second kappa shape index (κ2) is 8.31. The molecular weight excluding hydrogens is 415 g/mol. The molecule has 4 rings (SSSR count). The summed E-state index contributed by atoms with van der Waals surface area (Å²) in [6.45, 7) is 2.31. The maximum absolute atomic E-state index is 12.7. The van der Waals surface area contributed by atoms with Crippen molar-refractivity contribution in [2.45, 2.75) is 6.54 Å². The summed E-state index contributed by atoms with van der Waals surface area (Å²) < 4.78 is 6.48.